The normalized spacial score (nSPS) is 12.6. The van der Waals surface area contributed by atoms with Crippen LogP contribution in [0.15, 0.2) is 29.3 Å². The van der Waals surface area contributed by atoms with Gasteiger partial charge in [-0.3, -0.25) is 0 Å². The van der Waals surface area contributed by atoms with E-state index in [9.17, 15) is 0 Å². The molecule has 6 heteroatoms. The quantitative estimate of drug-likeness (QED) is 0.226. The number of ether oxygens (including phenoxy) is 2. The van der Waals surface area contributed by atoms with E-state index in [0.29, 0.717) is 31.8 Å². The van der Waals surface area contributed by atoms with Gasteiger partial charge >= 0.3 is 0 Å². The predicted molar refractivity (Wildman–Crippen MR) is 116 cm³/mol. The molecule has 1 atom stereocenters. The summed E-state index contributed by atoms with van der Waals surface area (Å²) in [7, 11) is 1.66. The summed E-state index contributed by atoms with van der Waals surface area (Å²) in [6.07, 6.45) is 3.57. The van der Waals surface area contributed by atoms with E-state index in [1.54, 1.807) is 7.11 Å². The Kier molecular flexibility index (Phi) is 13.6. The van der Waals surface area contributed by atoms with Gasteiger partial charge in [0.2, 0.25) is 0 Å². The monoisotopic (exact) mass is 463 g/mol. The van der Waals surface area contributed by atoms with E-state index < -0.39 is 0 Å². The number of nitrogens with two attached hydrogens (primary N) is 1. The average Bonchev–Trinajstić information content (AvgIpc) is 2.53. The average molecular weight is 463 g/mol. The van der Waals surface area contributed by atoms with Crippen molar-refractivity contribution in [3.63, 3.8) is 0 Å². The molecule has 1 aromatic carbocycles. The fourth-order valence-corrected chi connectivity index (χ4v) is 2.36. The van der Waals surface area contributed by atoms with E-state index in [0.717, 1.165) is 23.7 Å². The smallest absolute Gasteiger partial charge is 0.189 e. The van der Waals surface area contributed by atoms with Gasteiger partial charge in [0.1, 0.15) is 12.4 Å². The molecule has 0 radical (unpaired) electrons. The molecule has 1 rings (SSSR count). The molecule has 144 valence electrons. The number of guanidine groups is 1. The largest absolute Gasteiger partial charge is 0.491 e. The number of methoxy groups -OCH3 is 1. The van der Waals surface area contributed by atoms with Gasteiger partial charge in [0.15, 0.2) is 5.96 Å². The molecule has 0 spiro atoms. The Morgan fingerprint density at radius 1 is 1.20 bits per heavy atom. The Balaban J connectivity index is 0.00000576. The van der Waals surface area contributed by atoms with Gasteiger partial charge < -0.3 is 20.5 Å². The number of rotatable bonds is 11. The highest BCUT2D eigenvalue weighted by molar-refractivity contribution is 14.0. The topological polar surface area (TPSA) is 68.9 Å². The number of nitrogens with one attached hydrogen (secondary N) is 1. The first-order chi connectivity index (χ1) is 11.5. The molecule has 25 heavy (non-hydrogen) atoms. The van der Waals surface area contributed by atoms with Crippen LogP contribution in [0.5, 0.6) is 5.75 Å². The molecular formula is C19H34IN3O2. The highest BCUT2D eigenvalue weighted by Crippen LogP contribution is 2.14. The minimum atomic E-state index is 0. The third kappa shape index (κ3) is 12.0. The van der Waals surface area contributed by atoms with Crippen LogP contribution in [0.3, 0.4) is 0 Å². The molecule has 3 N–H and O–H groups in total. The van der Waals surface area contributed by atoms with Crippen LogP contribution >= 0.6 is 24.0 Å². The van der Waals surface area contributed by atoms with Gasteiger partial charge in [0.05, 0.1) is 13.2 Å². The summed E-state index contributed by atoms with van der Waals surface area (Å²) in [6, 6.07) is 8.24. The molecule has 0 saturated carbocycles. The van der Waals surface area contributed by atoms with E-state index in [4.69, 9.17) is 15.2 Å². The SMILES string of the molecule is COCCOc1cccc(CN=C(N)NC(C)CCCC(C)C)c1.I. The first-order valence-electron chi connectivity index (χ1n) is 8.78. The highest BCUT2D eigenvalue weighted by Gasteiger charge is 2.04. The third-order valence-electron chi connectivity index (χ3n) is 3.70. The Morgan fingerprint density at radius 2 is 1.96 bits per heavy atom. The zero-order valence-electron chi connectivity index (χ0n) is 16.0. The van der Waals surface area contributed by atoms with Crippen LogP contribution in [0, 0.1) is 5.92 Å². The van der Waals surface area contributed by atoms with E-state index in [1.807, 2.05) is 24.3 Å². The van der Waals surface area contributed by atoms with Crippen molar-refractivity contribution in [3.05, 3.63) is 29.8 Å². The number of hydrogen-bond acceptors (Lipinski definition) is 3. The summed E-state index contributed by atoms with van der Waals surface area (Å²) in [5, 5.41) is 3.26. The minimum absolute atomic E-state index is 0. The molecule has 1 unspecified atom stereocenters. The van der Waals surface area contributed by atoms with Crippen molar-refractivity contribution < 1.29 is 9.47 Å². The first kappa shape index (κ1) is 24.0. The summed E-state index contributed by atoms with van der Waals surface area (Å²) in [6.45, 7) is 8.31. The summed E-state index contributed by atoms with van der Waals surface area (Å²) >= 11 is 0. The zero-order valence-corrected chi connectivity index (χ0v) is 18.3. The first-order valence-corrected chi connectivity index (χ1v) is 8.78. The van der Waals surface area contributed by atoms with Crippen LogP contribution in [0.25, 0.3) is 0 Å². The summed E-state index contributed by atoms with van der Waals surface area (Å²) in [5.41, 5.74) is 7.05. The number of nitrogens with zero attached hydrogens (tertiary/aromatic N) is 1. The lowest BCUT2D eigenvalue weighted by Gasteiger charge is -2.15. The lowest BCUT2D eigenvalue weighted by molar-refractivity contribution is 0.146. The molecule has 0 heterocycles. The summed E-state index contributed by atoms with van der Waals surface area (Å²) < 4.78 is 10.6. The van der Waals surface area contributed by atoms with Gasteiger partial charge in [-0.15, -0.1) is 24.0 Å². The maximum atomic E-state index is 5.98. The van der Waals surface area contributed by atoms with Crippen molar-refractivity contribution in [2.75, 3.05) is 20.3 Å². The molecule has 0 saturated heterocycles. The molecule has 0 aliphatic carbocycles. The van der Waals surface area contributed by atoms with E-state index in [1.165, 1.54) is 12.8 Å². The predicted octanol–water partition coefficient (Wildman–Crippen LogP) is 3.95. The molecule has 0 bridgehead atoms. The molecule has 0 aliphatic heterocycles. The van der Waals surface area contributed by atoms with Crippen molar-refractivity contribution in [2.24, 2.45) is 16.6 Å². The fraction of sp³-hybridized carbons (Fsp3) is 0.632. The van der Waals surface area contributed by atoms with Crippen LogP contribution in [0.4, 0.5) is 0 Å². The van der Waals surface area contributed by atoms with Gasteiger partial charge in [-0.1, -0.05) is 38.8 Å². The van der Waals surface area contributed by atoms with Crippen LogP contribution in [-0.2, 0) is 11.3 Å². The second-order valence-corrected chi connectivity index (χ2v) is 6.56. The van der Waals surface area contributed by atoms with E-state index in [-0.39, 0.29) is 24.0 Å². The minimum Gasteiger partial charge on any atom is -0.491 e. The summed E-state index contributed by atoms with van der Waals surface area (Å²) in [4.78, 5) is 4.42. The zero-order chi connectivity index (χ0) is 17.8. The van der Waals surface area contributed by atoms with Gasteiger partial charge in [-0.25, -0.2) is 4.99 Å². The lowest BCUT2D eigenvalue weighted by Crippen LogP contribution is -2.38. The highest BCUT2D eigenvalue weighted by atomic mass is 127. The van der Waals surface area contributed by atoms with Crippen molar-refractivity contribution in [3.8, 4) is 5.75 Å². The Morgan fingerprint density at radius 3 is 2.64 bits per heavy atom. The van der Waals surface area contributed by atoms with Crippen LogP contribution in [-0.4, -0.2) is 32.3 Å². The number of halogens is 1. The molecule has 0 aliphatic rings. The number of benzene rings is 1. The second kappa shape index (κ2) is 14.2. The van der Waals surface area contributed by atoms with Crippen LogP contribution in [0.1, 0.15) is 45.6 Å². The second-order valence-electron chi connectivity index (χ2n) is 6.56. The van der Waals surface area contributed by atoms with Crippen LogP contribution in [0.2, 0.25) is 0 Å². The van der Waals surface area contributed by atoms with Crippen molar-refractivity contribution in [1.29, 1.82) is 0 Å². The molecular weight excluding hydrogens is 429 g/mol. The number of hydrogen-bond donors (Lipinski definition) is 2. The van der Waals surface area contributed by atoms with Gasteiger partial charge in [0.25, 0.3) is 0 Å². The summed E-state index contributed by atoms with van der Waals surface area (Å²) in [5.74, 6) is 2.08. The molecule has 0 aromatic heterocycles. The maximum absolute atomic E-state index is 5.98. The van der Waals surface area contributed by atoms with E-state index >= 15 is 0 Å². The molecule has 0 fully saturated rings. The van der Waals surface area contributed by atoms with Crippen LogP contribution < -0.4 is 15.8 Å². The lowest BCUT2D eigenvalue weighted by atomic mass is 10.0. The number of aliphatic imine (C=N–C) groups is 1. The Hall–Kier alpha value is -1.02. The Labute approximate surface area is 169 Å². The molecule has 1 aromatic rings. The van der Waals surface area contributed by atoms with Gasteiger partial charge in [0, 0.05) is 13.2 Å². The van der Waals surface area contributed by atoms with Crippen molar-refractivity contribution in [1.82, 2.24) is 5.32 Å². The standard InChI is InChI=1S/C19H33N3O2.HI/c1-15(2)7-5-8-16(3)22-19(20)21-14-17-9-6-10-18(13-17)24-12-11-23-4;/h6,9-10,13,15-16H,5,7-8,11-12,14H2,1-4H3,(H3,20,21,22);1H. The van der Waals surface area contributed by atoms with Crippen molar-refractivity contribution in [2.45, 2.75) is 52.6 Å². The van der Waals surface area contributed by atoms with Crippen molar-refractivity contribution >= 4 is 29.9 Å². The van der Waals surface area contributed by atoms with Gasteiger partial charge in [-0.2, -0.15) is 0 Å². The fourth-order valence-electron chi connectivity index (χ4n) is 2.36. The van der Waals surface area contributed by atoms with Gasteiger partial charge in [-0.05, 0) is 37.0 Å². The molecule has 0 amide bonds. The molecule has 5 nitrogen and oxygen atoms in total. The van der Waals surface area contributed by atoms with E-state index in [2.05, 4.69) is 31.1 Å². The Bertz CT molecular complexity index is 495. The third-order valence-corrected chi connectivity index (χ3v) is 3.70. The maximum Gasteiger partial charge on any atom is 0.189 e.